The molecule has 0 spiro atoms. The molecule has 0 aromatic carbocycles. The lowest BCUT2D eigenvalue weighted by Gasteiger charge is -2.30. The molecule has 152 valence electrons. The molecule has 2 aliphatic heterocycles. The molecule has 16 heteroatoms. The fourth-order valence-electron chi connectivity index (χ4n) is 1.37. The molecule has 0 aromatic heterocycles. The van der Waals surface area contributed by atoms with Gasteiger partial charge in [0.15, 0.2) is 0 Å². The van der Waals surface area contributed by atoms with Crippen LogP contribution in [0.25, 0.3) is 0 Å². The standard InChI is InChI=1S/C6H2F8O2.C4H2F4O2/c1-2-15-3(7,5(9,10)11)4(8,16-2)6(12,13)14;1-2-9-3(5,6)4(7,8)10-2/h1H2;1H2. The van der Waals surface area contributed by atoms with Gasteiger partial charge in [-0.3, -0.25) is 0 Å². The van der Waals surface area contributed by atoms with Crippen molar-refractivity contribution in [1.82, 2.24) is 0 Å². The van der Waals surface area contributed by atoms with Crippen molar-refractivity contribution in [1.29, 1.82) is 0 Å². The molecule has 0 aliphatic carbocycles. The number of hydrogen-bond acceptors (Lipinski definition) is 4. The average molecular weight is 416 g/mol. The fourth-order valence-corrected chi connectivity index (χ4v) is 1.37. The average Bonchev–Trinajstić information content (AvgIpc) is 2.68. The van der Waals surface area contributed by atoms with Crippen molar-refractivity contribution in [2.75, 3.05) is 0 Å². The molecule has 0 N–H and O–H groups in total. The van der Waals surface area contributed by atoms with Crippen LogP contribution in [0.5, 0.6) is 0 Å². The van der Waals surface area contributed by atoms with Gasteiger partial charge in [-0.2, -0.15) is 52.7 Å². The van der Waals surface area contributed by atoms with Crippen LogP contribution in [0.2, 0.25) is 0 Å². The summed E-state index contributed by atoms with van der Waals surface area (Å²) in [6.07, 6.45) is -21.7. The van der Waals surface area contributed by atoms with Gasteiger partial charge in [-0.25, -0.2) is 0 Å². The minimum absolute atomic E-state index is 1.07. The van der Waals surface area contributed by atoms with Crippen molar-refractivity contribution in [3.63, 3.8) is 0 Å². The maximum atomic E-state index is 13.0. The molecule has 2 unspecified atom stereocenters. The minimum atomic E-state index is -6.28. The van der Waals surface area contributed by atoms with Crippen LogP contribution in [0.15, 0.2) is 25.0 Å². The molecule has 0 radical (unpaired) electrons. The van der Waals surface area contributed by atoms with Gasteiger partial charge in [0.05, 0.1) is 0 Å². The Kier molecular flexibility index (Phi) is 4.77. The molecule has 2 rings (SSSR count). The predicted molar refractivity (Wildman–Crippen MR) is 52.3 cm³/mol. The zero-order valence-electron chi connectivity index (χ0n) is 11.6. The second kappa shape index (κ2) is 5.67. The van der Waals surface area contributed by atoms with E-state index in [1.165, 1.54) is 0 Å². The Morgan fingerprint density at radius 2 is 0.769 bits per heavy atom. The molecule has 4 nitrogen and oxygen atoms in total. The second-order valence-electron chi connectivity index (χ2n) is 4.37. The first kappa shape index (κ1) is 21.9. The van der Waals surface area contributed by atoms with E-state index in [2.05, 4.69) is 32.1 Å². The summed E-state index contributed by atoms with van der Waals surface area (Å²) in [6.45, 7) is 4.99. The molecule has 2 saturated heterocycles. The molecule has 0 saturated carbocycles. The van der Waals surface area contributed by atoms with Crippen LogP contribution in [0.3, 0.4) is 0 Å². The van der Waals surface area contributed by atoms with E-state index in [-0.39, 0.29) is 0 Å². The third-order valence-corrected chi connectivity index (χ3v) is 2.47. The van der Waals surface area contributed by atoms with Gasteiger partial charge in [0.25, 0.3) is 11.9 Å². The van der Waals surface area contributed by atoms with E-state index in [1.54, 1.807) is 0 Å². The summed E-state index contributed by atoms with van der Waals surface area (Å²) in [7, 11) is 0. The molecular weight excluding hydrogens is 412 g/mol. The van der Waals surface area contributed by atoms with E-state index in [9.17, 15) is 52.7 Å². The molecule has 2 fully saturated rings. The van der Waals surface area contributed by atoms with Crippen LogP contribution in [0, 0.1) is 0 Å². The largest absolute Gasteiger partial charge is 0.509 e. The summed E-state index contributed by atoms with van der Waals surface area (Å²) in [5.74, 6) is -14.2. The van der Waals surface area contributed by atoms with Gasteiger partial charge in [0, 0.05) is 0 Å². The van der Waals surface area contributed by atoms with Crippen molar-refractivity contribution in [2.45, 2.75) is 36.3 Å². The van der Waals surface area contributed by atoms with Gasteiger partial charge in [0.1, 0.15) is 0 Å². The number of ether oxygens (including phenoxy) is 4. The third kappa shape index (κ3) is 3.27. The van der Waals surface area contributed by atoms with Crippen LogP contribution >= 0.6 is 0 Å². The van der Waals surface area contributed by atoms with Gasteiger partial charge in [-0.15, -0.1) is 0 Å². The summed E-state index contributed by atoms with van der Waals surface area (Å²) in [4.78, 5) is 0. The van der Waals surface area contributed by atoms with E-state index < -0.39 is 48.2 Å². The molecule has 0 amide bonds. The van der Waals surface area contributed by atoms with Crippen LogP contribution < -0.4 is 0 Å². The van der Waals surface area contributed by atoms with Gasteiger partial charge in [0.2, 0.25) is 0 Å². The summed E-state index contributed by atoms with van der Waals surface area (Å²) in [5, 5.41) is 0. The minimum Gasteiger partial charge on any atom is -0.414 e. The van der Waals surface area contributed by atoms with E-state index in [4.69, 9.17) is 0 Å². The Balaban J connectivity index is 0.000000289. The predicted octanol–water partition coefficient (Wildman–Crippen LogP) is 4.65. The van der Waals surface area contributed by atoms with Crippen molar-refractivity contribution < 1.29 is 71.6 Å². The van der Waals surface area contributed by atoms with E-state index >= 15 is 0 Å². The highest BCUT2D eigenvalue weighted by molar-refractivity contribution is 5.06. The molecule has 26 heavy (non-hydrogen) atoms. The zero-order valence-corrected chi connectivity index (χ0v) is 11.6. The van der Waals surface area contributed by atoms with Crippen molar-refractivity contribution in [3.05, 3.63) is 25.0 Å². The quantitative estimate of drug-likeness (QED) is 0.539. The second-order valence-corrected chi connectivity index (χ2v) is 4.37. The van der Waals surface area contributed by atoms with E-state index in [0.29, 0.717) is 0 Å². The summed E-state index contributed by atoms with van der Waals surface area (Å²) in [6, 6.07) is 0. The number of halogens is 12. The lowest BCUT2D eigenvalue weighted by Crippen LogP contribution is -2.62. The van der Waals surface area contributed by atoms with E-state index in [1.807, 2.05) is 0 Å². The molecule has 0 aromatic rings. The smallest absolute Gasteiger partial charge is 0.414 e. The highest BCUT2D eigenvalue weighted by Gasteiger charge is 2.88. The normalized spacial score (nSPS) is 32.6. The number of rotatable bonds is 0. The van der Waals surface area contributed by atoms with Crippen LogP contribution in [-0.4, -0.2) is 36.3 Å². The summed E-state index contributed by atoms with van der Waals surface area (Å²) < 4.78 is 158. The maximum Gasteiger partial charge on any atom is 0.509 e. The van der Waals surface area contributed by atoms with Gasteiger partial charge in [-0.1, -0.05) is 0 Å². The summed E-state index contributed by atoms with van der Waals surface area (Å²) in [5.41, 5.74) is 0. The van der Waals surface area contributed by atoms with E-state index in [0.717, 1.165) is 0 Å². The van der Waals surface area contributed by atoms with Crippen LogP contribution in [0.4, 0.5) is 52.7 Å². The highest BCUT2D eigenvalue weighted by Crippen LogP contribution is 2.58. The Labute approximate surface area is 134 Å². The number of hydrogen-bond donors (Lipinski definition) is 0. The Bertz CT molecular complexity index is 548. The first-order valence-corrected chi connectivity index (χ1v) is 5.61. The van der Waals surface area contributed by atoms with Gasteiger partial charge < -0.3 is 18.9 Å². The number of alkyl halides is 12. The first-order chi connectivity index (χ1) is 11.2. The van der Waals surface area contributed by atoms with Crippen molar-refractivity contribution >= 4 is 0 Å². The first-order valence-electron chi connectivity index (χ1n) is 5.61. The highest BCUT2D eigenvalue weighted by atomic mass is 19.4. The van der Waals surface area contributed by atoms with Crippen LogP contribution in [0.1, 0.15) is 0 Å². The van der Waals surface area contributed by atoms with Gasteiger partial charge >= 0.3 is 36.3 Å². The van der Waals surface area contributed by atoms with Gasteiger partial charge in [-0.05, 0) is 13.2 Å². The SMILES string of the molecule is C=C1OC(F)(C(F)(F)F)C(F)(C(F)(F)F)O1.C=C1OC(F)(F)C(F)(F)O1. The molecule has 2 aliphatic rings. The van der Waals surface area contributed by atoms with Crippen molar-refractivity contribution in [2.24, 2.45) is 0 Å². The molecular formula is C10H4F12O4. The lowest BCUT2D eigenvalue weighted by atomic mass is 10.1. The Morgan fingerprint density at radius 1 is 0.538 bits per heavy atom. The third-order valence-electron chi connectivity index (χ3n) is 2.47. The summed E-state index contributed by atoms with van der Waals surface area (Å²) >= 11 is 0. The Hall–Kier alpha value is -2.16. The monoisotopic (exact) mass is 416 g/mol. The molecule has 0 bridgehead atoms. The molecule has 2 atom stereocenters. The maximum absolute atomic E-state index is 13.0. The zero-order chi connectivity index (χ0) is 21.0. The van der Waals surface area contributed by atoms with Crippen molar-refractivity contribution in [3.8, 4) is 0 Å². The lowest BCUT2D eigenvalue weighted by molar-refractivity contribution is -0.422. The molecule has 2 heterocycles. The topological polar surface area (TPSA) is 36.9 Å². The Morgan fingerprint density at radius 3 is 0.923 bits per heavy atom. The fraction of sp³-hybridized carbons (Fsp3) is 0.600. The van der Waals surface area contributed by atoms with Crippen LogP contribution in [-0.2, 0) is 18.9 Å².